The van der Waals surface area contributed by atoms with Crippen LogP contribution in [0.5, 0.6) is 0 Å². The number of imide groups is 1. The van der Waals surface area contributed by atoms with Gasteiger partial charge in [-0.2, -0.15) is 0 Å². The number of fused-ring (bicyclic) bond motifs is 1. The Morgan fingerprint density at radius 1 is 1.15 bits per heavy atom. The molecule has 0 aromatic heterocycles. The van der Waals surface area contributed by atoms with E-state index in [1.807, 2.05) is 0 Å². The van der Waals surface area contributed by atoms with Gasteiger partial charge < -0.3 is 9.64 Å². The Morgan fingerprint density at radius 2 is 1.89 bits per heavy atom. The maximum Gasteiger partial charge on any atom is 0.340 e. The van der Waals surface area contributed by atoms with Crippen molar-refractivity contribution in [2.24, 2.45) is 4.40 Å². The van der Waals surface area contributed by atoms with Crippen LogP contribution in [0.3, 0.4) is 0 Å². The first-order valence-electron chi connectivity index (χ1n) is 7.89. The fourth-order valence-corrected chi connectivity index (χ4v) is 3.33. The molecule has 140 valence electrons. The Morgan fingerprint density at radius 3 is 2.63 bits per heavy atom. The molecular weight excluding hydrogens is 374 g/mol. The highest BCUT2D eigenvalue weighted by Crippen LogP contribution is 2.16. The van der Waals surface area contributed by atoms with Gasteiger partial charge in [0.25, 0.3) is 21.8 Å². The molecule has 0 aliphatic carbocycles. The SMILES string of the molecule is O=C(COC(=O)C1=CN2CCS(=O)(=O)N=C2C=C1)NC(=O)c1ccccc1. The van der Waals surface area contributed by atoms with Crippen LogP contribution in [-0.4, -0.2) is 55.8 Å². The van der Waals surface area contributed by atoms with Crippen LogP contribution in [0.4, 0.5) is 0 Å². The Balaban J connectivity index is 1.54. The van der Waals surface area contributed by atoms with Gasteiger partial charge in [-0.05, 0) is 24.3 Å². The van der Waals surface area contributed by atoms with Gasteiger partial charge in [-0.15, -0.1) is 4.40 Å². The van der Waals surface area contributed by atoms with Crippen LogP contribution in [-0.2, 0) is 24.3 Å². The molecule has 1 aromatic carbocycles. The first-order valence-corrected chi connectivity index (χ1v) is 9.50. The molecular formula is C17H15N3O6S. The lowest BCUT2D eigenvalue weighted by molar-refractivity contribution is -0.144. The molecule has 10 heteroatoms. The number of amides is 2. The summed E-state index contributed by atoms with van der Waals surface area (Å²) in [6, 6.07) is 8.14. The van der Waals surface area contributed by atoms with E-state index >= 15 is 0 Å². The van der Waals surface area contributed by atoms with Gasteiger partial charge in [0.05, 0.1) is 11.3 Å². The zero-order valence-electron chi connectivity index (χ0n) is 14.0. The number of sulfonamides is 1. The molecule has 2 heterocycles. The molecule has 0 saturated heterocycles. The molecule has 27 heavy (non-hydrogen) atoms. The topological polar surface area (TPSA) is 122 Å². The molecule has 0 spiro atoms. The average molecular weight is 389 g/mol. The van der Waals surface area contributed by atoms with E-state index in [2.05, 4.69) is 9.71 Å². The molecule has 2 aliphatic heterocycles. The van der Waals surface area contributed by atoms with Crippen LogP contribution < -0.4 is 5.32 Å². The van der Waals surface area contributed by atoms with Crippen molar-refractivity contribution in [2.45, 2.75) is 0 Å². The number of ether oxygens (including phenoxy) is 1. The summed E-state index contributed by atoms with van der Waals surface area (Å²) in [5.74, 6) is -2.08. The number of hydrogen-bond acceptors (Lipinski definition) is 7. The first kappa shape index (κ1) is 18.5. The number of amidine groups is 1. The minimum Gasteiger partial charge on any atom is -0.452 e. The fraction of sp³-hybridized carbons (Fsp3) is 0.176. The highest BCUT2D eigenvalue weighted by Gasteiger charge is 2.25. The van der Waals surface area contributed by atoms with E-state index in [9.17, 15) is 22.8 Å². The number of nitrogens with zero attached hydrogens (tertiary/aromatic N) is 2. The van der Waals surface area contributed by atoms with Crippen LogP contribution in [0.25, 0.3) is 0 Å². The number of hydrogen-bond donors (Lipinski definition) is 1. The number of benzene rings is 1. The third-order valence-corrected chi connectivity index (χ3v) is 4.85. The lowest BCUT2D eigenvalue weighted by atomic mass is 10.2. The summed E-state index contributed by atoms with van der Waals surface area (Å²) in [7, 11) is -3.48. The predicted octanol–water partition coefficient (Wildman–Crippen LogP) is -0.0162. The standard InChI is InChI=1S/C17H15N3O6S/c21-15(18-16(22)12-4-2-1-3-5-12)11-26-17(23)13-6-7-14-19-27(24,25)9-8-20(14)10-13/h1-7,10H,8-9,11H2,(H,18,21,22). The second-order valence-corrected chi connectivity index (χ2v) is 7.42. The minimum atomic E-state index is -3.48. The molecule has 2 aliphatic rings. The van der Waals surface area contributed by atoms with Crippen molar-refractivity contribution >= 4 is 33.6 Å². The smallest absolute Gasteiger partial charge is 0.340 e. The van der Waals surface area contributed by atoms with Crippen LogP contribution in [0, 0.1) is 0 Å². The van der Waals surface area contributed by atoms with Crippen molar-refractivity contribution < 1.29 is 27.5 Å². The zero-order chi connectivity index (χ0) is 19.4. The summed E-state index contributed by atoms with van der Waals surface area (Å²) in [6.07, 6.45) is 4.14. The number of nitrogens with one attached hydrogen (secondary N) is 1. The summed E-state index contributed by atoms with van der Waals surface area (Å²) in [4.78, 5) is 37.2. The molecule has 0 radical (unpaired) electrons. The Bertz CT molecular complexity index is 979. The number of carbonyl (C=O) groups is 3. The van der Waals surface area contributed by atoms with Gasteiger partial charge in [0.2, 0.25) is 0 Å². The van der Waals surface area contributed by atoms with Gasteiger partial charge >= 0.3 is 5.97 Å². The molecule has 0 atom stereocenters. The van der Waals surface area contributed by atoms with Crippen molar-refractivity contribution in [2.75, 3.05) is 18.9 Å². The summed E-state index contributed by atoms with van der Waals surface area (Å²) >= 11 is 0. The quantitative estimate of drug-likeness (QED) is 0.718. The first-order chi connectivity index (χ1) is 12.8. The molecule has 1 N–H and O–H groups in total. The normalized spacial score (nSPS) is 17.3. The van der Waals surface area contributed by atoms with Crippen molar-refractivity contribution in [3.63, 3.8) is 0 Å². The molecule has 0 unspecified atom stereocenters. The lowest BCUT2D eigenvalue weighted by Gasteiger charge is -2.26. The van der Waals surface area contributed by atoms with Crippen LogP contribution in [0.2, 0.25) is 0 Å². The molecule has 2 amide bonds. The van der Waals surface area contributed by atoms with Gasteiger partial charge in [-0.25, -0.2) is 13.2 Å². The Hall–Kier alpha value is -3.27. The monoisotopic (exact) mass is 389 g/mol. The minimum absolute atomic E-state index is 0.135. The number of carbonyl (C=O) groups excluding carboxylic acids is 3. The molecule has 0 bridgehead atoms. The molecule has 0 fully saturated rings. The zero-order valence-corrected chi connectivity index (χ0v) is 14.8. The molecule has 1 aromatic rings. The highest BCUT2D eigenvalue weighted by molar-refractivity contribution is 7.90. The highest BCUT2D eigenvalue weighted by atomic mass is 32.2. The van der Waals surface area contributed by atoms with Crippen LogP contribution in [0.15, 0.2) is 58.7 Å². The van der Waals surface area contributed by atoms with Crippen molar-refractivity contribution in [3.05, 3.63) is 59.8 Å². The van der Waals surface area contributed by atoms with Crippen LogP contribution >= 0.6 is 0 Å². The number of rotatable bonds is 4. The van der Waals surface area contributed by atoms with Crippen molar-refractivity contribution in [3.8, 4) is 0 Å². The van der Waals surface area contributed by atoms with Gasteiger partial charge in [0.1, 0.15) is 5.84 Å². The van der Waals surface area contributed by atoms with Crippen molar-refractivity contribution in [1.82, 2.24) is 10.2 Å². The van der Waals surface area contributed by atoms with Gasteiger partial charge in [-0.1, -0.05) is 18.2 Å². The summed E-state index contributed by atoms with van der Waals surface area (Å²) in [5, 5.41) is 2.12. The molecule has 3 rings (SSSR count). The predicted molar refractivity (Wildman–Crippen MR) is 95.0 cm³/mol. The van der Waals surface area contributed by atoms with E-state index in [1.165, 1.54) is 23.3 Å². The third-order valence-electron chi connectivity index (χ3n) is 3.68. The maximum absolute atomic E-state index is 12.1. The van der Waals surface area contributed by atoms with E-state index < -0.39 is 34.4 Å². The van der Waals surface area contributed by atoms with Gasteiger partial charge in [-0.3, -0.25) is 14.9 Å². The van der Waals surface area contributed by atoms with E-state index in [-0.39, 0.29) is 23.7 Å². The largest absolute Gasteiger partial charge is 0.452 e. The fourth-order valence-electron chi connectivity index (χ4n) is 2.36. The van der Waals surface area contributed by atoms with Crippen LogP contribution in [0.1, 0.15) is 10.4 Å². The Kier molecular flexibility index (Phi) is 5.17. The summed E-state index contributed by atoms with van der Waals surface area (Å²) < 4.78 is 31.4. The molecule has 0 saturated carbocycles. The second-order valence-electron chi connectivity index (χ2n) is 5.67. The molecule has 9 nitrogen and oxygen atoms in total. The van der Waals surface area contributed by atoms with Gasteiger partial charge in [0.15, 0.2) is 6.61 Å². The second kappa shape index (κ2) is 7.54. The lowest BCUT2D eigenvalue weighted by Crippen LogP contribution is -2.37. The van der Waals surface area contributed by atoms with Gasteiger partial charge in [0, 0.05) is 18.3 Å². The average Bonchev–Trinajstić information content (AvgIpc) is 2.65. The van der Waals surface area contributed by atoms with E-state index in [0.29, 0.717) is 5.56 Å². The van der Waals surface area contributed by atoms with E-state index in [4.69, 9.17) is 4.74 Å². The van der Waals surface area contributed by atoms with E-state index in [0.717, 1.165) is 0 Å². The number of esters is 1. The Labute approximate surface area is 155 Å². The van der Waals surface area contributed by atoms with E-state index in [1.54, 1.807) is 30.3 Å². The summed E-state index contributed by atoms with van der Waals surface area (Å²) in [6.45, 7) is -0.466. The maximum atomic E-state index is 12.1. The van der Waals surface area contributed by atoms with Crippen molar-refractivity contribution in [1.29, 1.82) is 0 Å². The summed E-state index contributed by atoms with van der Waals surface area (Å²) in [5.41, 5.74) is 0.442. The third kappa shape index (κ3) is 4.67.